The Bertz CT molecular complexity index is 577. The molecule has 1 amide bonds. The second-order valence-corrected chi connectivity index (χ2v) is 5.43. The number of halogens is 1. The Balaban J connectivity index is 2.14. The van der Waals surface area contributed by atoms with Crippen LogP contribution in [0.4, 0.5) is 5.69 Å². The number of primary amides is 1. The molecule has 0 aliphatic heterocycles. The number of nitro groups is 1. The van der Waals surface area contributed by atoms with Gasteiger partial charge in [-0.25, -0.2) is 0 Å². The first-order chi connectivity index (χ1) is 9.90. The Hall–Kier alpha value is -1.86. The van der Waals surface area contributed by atoms with Gasteiger partial charge in [-0.05, 0) is 31.9 Å². The Morgan fingerprint density at radius 3 is 2.71 bits per heavy atom. The Labute approximate surface area is 126 Å². The molecule has 1 aromatic carbocycles. The highest BCUT2D eigenvalue weighted by Gasteiger charge is 2.49. The van der Waals surface area contributed by atoms with Gasteiger partial charge in [0.2, 0.25) is 5.91 Å². The van der Waals surface area contributed by atoms with Gasteiger partial charge in [0, 0.05) is 12.1 Å². The minimum Gasteiger partial charge on any atom is -0.490 e. The first-order valence-electron chi connectivity index (χ1n) is 6.46. The molecule has 21 heavy (non-hydrogen) atoms. The van der Waals surface area contributed by atoms with Crippen LogP contribution in [-0.2, 0) is 4.79 Å². The van der Waals surface area contributed by atoms with E-state index in [1.54, 1.807) is 7.05 Å². The lowest BCUT2D eigenvalue weighted by Gasteiger charge is -2.30. The second-order valence-electron chi connectivity index (χ2n) is 5.02. The fraction of sp³-hybridized carbons (Fsp3) is 0.462. The number of rotatable bonds is 7. The van der Waals surface area contributed by atoms with E-state index < -0.39 is 16.4 Å². The number of hydrogen-bond donors (Lipinski definition) is 2. The number of ether oxygens (including phenoxy) is 1. The van der Waals surface area contributed by atoms with Crippen molar-refractivity contribution in [2.24, 2.45) is 11.7 Å². The number of benzene rings is 1. The molecule has 0 bridgehead atoms. The van der Waals surface area contributed by atoms with E-state index >= 15 is 0 Å². The predicted molar refractivity (Wildman–Crippen MR) is 77.3 cm³/mol. The number of carbonyl (C=O) groups is 1. The van der Waals surface area contributed by atoms with Crippen molar-refractivity contribution in [3.63, 3.8) is 0 Å². The van der Waals surface area contributed by atoms with Crippen LogP contribution in [0.5, 0.6) is 5.75 Å². The molecule has 7 nitrogen and oxygen atoms in total. The molecule has 1 aromatic rings. The Morgan fingerprint density at radius 2 is 2.29 bits per heavy atom. The molecule has 1 fully saturated rings. The van der Waals surface area contributed by atoms with Crippen LogP contribution in [0.25, 0.3) is 0 Å². The van der Waals surface area contributed by atoms with E-state index in [0.29, 0.717) is 0 Å². The molecule has 1 unspecified atom stereocenters. The van der Waals surface area contributed by atoms with E-state index in [1.807, 2.05) is 0 Å². The van der Waals surface area contributed by atoms with Crippen LogP contribution in [0.2, 0.25) is 5.02 Å². The number of carbonyl (C=O) groups excluding carboxylic acids is 1. The Morgan fingerprint density at radius 1 is 1.62 bits per heavy atom. The number of likely N-dealkylation sites (N-methyl/N-ethyl adjacent to an activating group) is 1. The molecule has 0 radical (unpaired) electrons. The minimum absolute atomic E-state index is 0.0288. The van der Waals surface area contributed by atoms with Crippen LogP contribution in [-0.4, -0.2) is 30.0 Å². The zero-order chi connectivity index (χ0) is 15.6. The molecular formula is C13H16ClN3O4. The van der Waals surface area contributed by atoms with E-state index in [1.165, 1.54) is 18.2 Å². The van der Waals surface area contributed by atoms with Crippen LogP contribution >= 0.6 is 11.6 Å². The molecule has 0 aromatic heterocycles. The summed E-state index contributed by atoms with van der Waals surface area (Å²) in [7, 11) is 1.66. The minimum atomic E-state index is -0.939. The van der Waals surface area contributed by atoms with Gasteiger partial charge < -0.3 is 15.8 Å². The van der Waals surface area contributed by atoms with Gasteiger partial charge in [-0.3, -0.25) is 14.9 Å². The fourth-order valence-corrected chi connectivity index (χ4v) is 2.51. The zero-order valence-corrected chi connectivity index (χ0v) is 12.2. The molecule has 3 N–H and O–H groups in total. The van der Waals surface area contributed by atoms with Crippen molar-refractivity contribution < 1.29 is 14.5 Å². The van der Waals surface area contributed by atoms with Gasteiger partial charge in [0.15, 0.2) is 0 Å². The molecule has 114 valence electrons. The SMILES string of the molecule is CNC(COc1ccc([N+](=O)[O-])cc1Cl)(C(N)=O)C1CC1. The van der Waals surface area contributed by atoms with Crippen molar-refractivity contribution in [1.29, 1.82) is 0 Å². The first-order valence-corrected chi connectivity index (χ1v) is 6.84. The number of nitro benzene ring substituents is 1. The van der Waals surface area contributed by atoms with Crippen LogP contribution in [0.15, 0.2) is 18.2 Å². The second kappa shape index (κ2) is 5.87. The summed E-state index contributed by atoms with van der Waals surface area (Å²) in [5.74, 6) is -0.0638. The summed E-state index contributed by atoms with van der Waals surface area (Å²) < 4.78 is 5.57. The smallest absolute Gasteiger partial charge is 0.271 e. The fourth-order valence-electron chi connectivity index (χ4n) is 2.28. The summed E-state index contributed by atoms with van der Waals surface area (Å²) in [6.45, 7) is 0.0288. The molecule has 2 rings (SSSR count). The largest absolute Gasteiger partial charge is 0.490 e. The summed E-state index contributed by atoms with van der Waals surface area (Å²) in [6, 6.07) is 3.91. The highest BCUT2D eigenvalue weighted by Crippen LogP contribution is 2.40. The third kappa shape index (κ3) is 3.08. The molecule has 0 saturated heterocycles. The van der Waals surface area contributed by atoms with Crippen molar-refractivity contribution >= 4 is 23.2 Å². The van der Waals surface area contributed by atoms with Crippen molar-refractivity contribution in [1.82, 2.24) is 5.32 Å². The quantitative estimate of drug-likeness (QED) is 0.585. The van der Waals surface area contributed by atoms with Crippen molar-refractivity contribution in [2.45, 2.75) is 18.4 Å². The van der Waals surface area contributed by atoms with Gasteiger partial charge in [-0.2, -0.15) is 0 Å². The van der Waals surface area contributed by atoms with Gasteiger partial charge in [-0.15, -0.1) is 0 Å². The lowest BCUT2D eigenvalue weighted by atomic mass is 9.93. The summed E-state index contributed by atoms with van der Waals surface area (Å²) in [6.07, 6.45) is 1.81. The summed E-state index contributed by atoms with van der Waals surface area (Å²) >= 11 is 5.95. The number of hydrogen-bond acceptors (Lipinski definition) is 5. The van der Waals surface area contributed by atoms with Gasteiger partial charge in [0.1, 0.15) is 17.9 Å². The number of non-ortho nitro benzene ring substituents is 1. The lowest BCUT2D eigenvalue weighted by Crippen LogP contribution is -2.59. The molecular weight excluding hydrogens is 298 g/mol. The molecule has 1 aliphatic carbocycles. The molecule has 1 aliphatic rings. The third-order valence-corrected chi connectivity index (χ3v) is 4.04. The van der Waals surface area contributed by atoms with E-state index in [9.17, 15) is 14.9 Å². The van der Waals surface area contributed by atoms with E-state index in [-0.39, 0.29) is 29.0 Å². The predicted octanol–water partition coefficient (Wildman–Crippen LogP) is 1.48. The van der Waals surface area contributed by atoms with Crippen molar-refractivity contribution in [2.75, 3.05) is 13.7 Å². The third-order valence-electron chi connectivity index (χ3n) is 3.74. The topological polar surface area (TPSA) is 107 Å². The standard InChI is InChI=1S/C13H16ClN3O4/c1-16-13(12(15)18,8-2-3-8)7-21-11-5-4-9(17(19)20)6-10(11)14/h4-6,8,16H,2-3,7H2,1H3,(H2,15,18). The molecule has 0 spiro atoms. The first kappa shape index (κ1) is 15.5. The van der Waals surface area contributed by atoms with E-state index in [2.05, 4.69) is 5.32 Å². The summed E-state index contributed by atoms with van der Waals surface area (Å²) in [5, 5.41) is 13.7. The molecule has 8 heteroatoms. The Kier molecular flexibility index (Phi) is 4.34. The highest BCUT2D eigenvalue weighted by molar-refractivity contribution is 6.32. The highest BCUT2D eigenvalue weighted by atomic mass is 35.5. The van der Waals surface area contributed by atoms with E-state index in [0.717, 1.165) is 12.8 Å². The number of nitrogens with one attached hydrogen (secondary N) is 1. The van der Waals surface area contributed by atoms with E-state index in [4.69, 9.17) is 22.1 Å². The maximum absolute atomic E-state index is 11.7. The van der Waals surface area contributed by atoms with Crippen LogP contribution < -0.4 is 15.8 Å². The van der Waals surface area contributed by atoms with Gasteiger partial charge in [-0.1, -0.05) is 11.6 Å². The van der Waals surface area contributed by atoms with Gasteiger partial charge >= 0.3 is 0 Å². The van der Waals surface area contributed by atoms with Crippen molar-refractivity contribution in [3.05, 3.63) is 33.3 Å². The maximum atomic E-state index is 11.7. The van der Waals surface area contributed by atoms with Crippen molar-refractivity contribution in [3.8, 4) is 5.75 Å². The van der Waals surface area contributed by atoms with Gasteiger partial charge in [0.25, 0.3) is 5.69 Å². The monoisotopic (exact) mass is 313 g/mol. The van der Waals surface area contributed by atoms with Gasteiger partial charge in [0.05, 0.1) is 9.95 Å². The zero-order valence-electron chi connectivity index (χ0n) is 11.5. The summed E-state index contributed by atoms with van der Waals surface area (Å²) in [5.41, 5.74) is 4.43. The van der Waals surface area contributed by atoms with Crippen LogP contribution in [0, 0.1) is 16.0 Å². The lowest BCUT2D eigenvalue weighted by molar-refractivity contribution is -0.384. The summed E-state index contributed by atoms with van der Waals surface area (Å²) in [4.78, 5) is 21.9. The number of nitrogens with two attached hydrogens (primary N) is 1. The molecule has 0 heterocycles. The average molecular weight is 314 g/mol. The van der Waals surface area contributed by atoms with Crippen LogP contribution in [0.1, 0.15) is 12.8 Å². The normalized spacial score (nSPS) is 17.0. The molecule has 1 atom stereocenters. The molecule has 1 saturated carbocycles. The van der Waals surface area contributed by atoms with Crippen LogP contribution in [0.3, 0.4) is 0 Å². The number of amides is 1. The maximum Gasteiger partial charge on any atom is 0.271 e. The number of nitrogens with zero attached hydrogens (tertiary/aromatic N) is 1. The average Bonchev–Trinajstić information content (AvgIpc) is 3.25.